The van der Waals surface area contributed by atoms with Crippen LogP contribution in [0, 0.1) is 5.82 Å². The quantitative estimate of drug-likeness (QED) is 0.941. The minimum absolute atomic E-state index is 0.0740. The molecule has 1 aliphatic heterocycles. The van der Waals surface area contributed by atoms with Crippen molar-refractivity contribution in [2.45, 2.75) is 18.9 Å². The van der Waals surface area contributed by atoms with Gasteiger partial charge in [0.1, 0.15) is 5.82 Å². The van der Waals surface area contributed by atoms with Gasteiger partial charge in [0, 0.05) is 25.3 Å². The number of hydrogen-bond donors (Lipinski definition) is 1. The minimum Gasteiger partial charge on any atom is -0.336 e. The molecule has 0 radical (unpaired) electrons. The zero-order chi connectivity index (χ0) is 15.5. The number of hydrogen-bond acceptors (Lipinski definition) is 3. The lowest BCUT2D eigenvalue weighted by Gasteiger charge is -2.32. The van der Waals surface area contributed by atoms with E-state index < -0.39 is 0 Å². The van der Waals surface area contributed by atoms with Crippen LogP contribution < -0.4 is 5.32 Å². The number of carbonyl (C=O) groups excluding carboxylic acids is 1. The van der Waals surface area contributed by atoms with Crippen molar-refractivity contribution >= 4 is 5.91 Å². The second kappa shape index (κ2) is 6.27. The Morgan fingerprint density at radius 3 is 3.05 bits per heavy atom. The number of likely N-dealkylation sites (tertiary alicyclic amines) is 1. The summed E-state index contributed by atoms with van der Waals surface area (Å²) < 4.78 is 14.8. The van der Waals surface area contributed by atoms with Crippen molar-refractivity contribution in [2.75, 3.05) is 20.1 Å². The van der Waals surface area contributed by atoms with E-state index in [0.29, 0.717) is 24.0 Å². The van der Waals surface area contributed by atoms with Gasteiger partial charge in [0.2, 0.25) is 0 Å². The highest BCUT2D eigenvalue weighted by molar-refractivity contribution is 5.92. The molecule has 1 amide bonds. The van der Waals surface area contributed by atoms with Crippen molar-refractivity contribution in [3.63, 3.8) is 0 Å². The third-order valence-electron chi connectivity index (χ3n) is 4.00. The highest BCUT2D eigenvalue weighted by Crippen LogP contribution is 2.14. The van der Waals surface area contributed by atoms with Crippen LogP contribution in [0.3, 0.4) is 0 Å². The van der Waals surface area contributed by atoms with E-state index in [2.05, 4.69) is 10.4 Å². The summed E-state index contributed by atoms with van der Waals surface area (Å²) in [7, 11) is 1.91. The number of piperidine rings is 1. The van der Waals surface area contributed by atoms with Gasteiger partial charge >= 0.3 is 0 Å². The number of aromatic nitrogens is 2. The summed E-state index contributed by atoms with van der Waals surface area (Å²) in [5.41, 5.74) is 0.992. The topological polar surface area (TPSA) is 50.2 Å². The molecule has 3 rings (SSSR count). The van der Waals surface area contributed by atoms with Crippen LogP contribution in [0.4, 0.5) is 4.39 Å². The smallest absolute Gasteiger partial charge is 0.274 e. The molecule has 6 heteroatoms. The van der Waals surface area contributed by atoms with Crippen LogP contribution in [0.25, 0.3) is 5.69 Å². The Balaban J connectivity index is 1.77. The van der Waals surface area contributed by atoms with Crippen LogP contribution in [-0.4, -0.2) is 46.8 Å². The first-order chi connectivity index (χ1) is 10.7. The monoisotopic (exact) mass is 302 g/mol. The van der Waals surface area contributed by atoms with Crippen LogP contribution in [-0.2, 0) is 0 Å². The maximum Gasteiger partial charge on any atom is 0.274 e. The van der Waals surface area contributed by atoms with E-state index in [-0.39, 0.29) is 11.7 Å². The Morgan fingerprint density at radius 1 is 1.41 bits per heavy atom. The summed E-state index contributed by atoms with van der Waals surface area (Å²) in [5.74, 6) is -0.399. The molecule has 22 heavy (non-hydrogen) atoms. The molecule has 1 aromatic carbocycles. The van der Waals surface area contributed by atoms with Gasteiger partial charge in [-0.25, -0.2) is 9.07 Å². The first-order valence-electron chi connectivity index (χ1n) is 7.45. The van der Waals surface area contributed by atoms with Gasteiger partial charge in [-0.15, -0.1) is 0 Å². The first-order valence-corrected chi connectivity index (χ1v) is 7.45. The highest BCUT2D eigenvalue weighted by atomic mass is 19.1. The zero-order valence-corrected chi connectivity index (χ0v) is 12.5. The number of nitrogens with one attached hydrogen (secondary N) is 1. The van der Waals surface area contributed by atoms with E-state index in [1.807, 2.05) is 11.9 Å². The predicted octanol–water partition coefficient (Wildman–Crippen LogP) is 1.84. The van der Waals surface area contributed by atoms with Crippen LogP contribution in [0.1, 0.15) is 23.3 Å². The van der Waals surface area contributed by atoms with Gasteiger partial charge in [-0.1, -0.05) is 6.07 Å². The van der Waals surface area contributed by atoms with Crippen LogP contribution in [0.15, 0.2) is 36.5 Å². The maximum atomic E-state index is 13.3. The number of benzene rings is 1. The number of amides is 1. The van der Waals surface area contributed by atoms with Crippen LogP contribution >= 0.6 is 0 Å². The zero-order valence-electron chi connectivity index (χ0n) is 12.5. The lowest BCUT2D eigenvalue weighted by molar-refractivity contribution is 0.0691. The third kappa shape index (κ3) is 3.01. The van der Waals surface area contributed by atoms with Crippen molar-refractivity contribution in [3.05, 3.63) is 48.0 Å². The number of halogens is 1. The molecule has 0 bridgehead atoms. The van der Waals surface area contributed by atoms with E-state index in [0.717, 1.165) is 19.4 Å². The average Bonchev–Trinajstić information content (AvgIpc) is 3.04. The normalized spacial score (nSPS) is 18.5. The summed E-state index contributed by atoms with van der Waals surface area (Å²) in [6.07, 6.45) is 3.75. The number of carbonyl (C=O) groups is 1. The van der Waals surface area contributed by atoms with Crippen LogP contribution in [0.5, 0.6) is 0 Å². The Labute approximate surface area is 128 Å². The molecular weight excluding hydrogens is 283 g/mol. The van der Waals surface area contributed by atoms with Crippen molar-refractivity contribution in [3.8, 4) is 5.69 Å². The first kappa shape index (κ1) is 14.7. The molecule has 1 unspecified atom stereocenters. The standard InChI is InChI=1S/C16H19FN4O/c1-18-13-5-3-8-20(11-13)16(22)15-7-9-21(19-15)14-6-2-4-12(17)10-14/h2,4,6-7,9-10,13,18H,3,5,8,11H2,1H3. The summed E-state index contributed by atoms with van der Waals surface area (Å²) in [4.78, 5) is 14.3. The van der Waals surface area contributed by atoms with Crippen molar-refractivity contribution in [1.29, 1.82) is 0 Å². The van der Waals surface area contributed by atoms with E-state index in [9.17, 15) is 9.18 Å². The molecule has 5 nitrogen and oxygen atoms in total. The molecule has 2 heterocycles. The molecule has 1 aromatic heterocycles. The van der Waals surface area contributed by atoms with Gasteiger partial charge in [-0.2, -0.15) is 5.10 Å². The number of nitrogens with zero attached hydrogens (tertiary/aromatic N) is 3. The van der Waals surface area contributed by atoms with Gasteiger partial charge in [0.15, 0.2) is 5.69 Å². The van der Waals surface area contributed by atoms with Crippen molar-refractivity contribution < 1.29 is 9.18 Å². The lowest BCUT2D eigenvalue weighted by atomic mass is 10.1. The molecule has 1 aliphatic rings. The molecule has 1 fully saturated rings. The Morgan fingerprint density at radius 2 is 2.27 bits per heavy atom. The van der Waals surface area contributed by atoms with E-state index >= 15 is 0 Å². The van der Waals surface area contributed by atoms with Gasteiger partial charge in [-0.3, -0.25) is 4.79 Å². The number of rotatable bonds is 3. The molecule has 1 atom stereocenters. The minimum atomic E-state index is -0.325. The van der Waals surface area contributed by atoms with Gasteiger partial charge in [-0.05, 0) is 44.2 Å². The van der Waals surface area contributed by atoms with E-state index in [1.54, 1.807) is 24.4 Å². The summed E-state index contributed by atoms with van der Waals surface area (Å²) in [5, 5.41) is 7.50. The molecule has 2 aromatic rings. The average molecular weight is 302 g/mol. The highest BCUT2D eigenvalue weighted by Gasteiger charge is 2.24. The lowest BCUT2D eigenvalue weighted by Crippen LogP contribution is -2.47. The predicted molar refractivity (Wildman–Crippen MR) is 81.5 cm³/mol. The number of likely N-dealkylation sites (N-methyl/N-ethyl adjacent to an activating group) is 1. The Kier molecular flexibility index (Phi) is 4.20. The summed E-state index contributed by atoms with van der Waals surface area (Å²) in [6.45, 7) is 1.45. The molecule has 116 valence electrons. The fourth-order valence-corrected chi connectivity index (χ4v) is 2.76. The molecular formula is C16H19FN4O. The Hall–Kier alpha value is -2.21. The Bertz CT molecular complexity index is 670. The van der Waals surface area contributed by atoms with Gasteiger partial charge in [0.25, 0.3) is 5.91 Å². The van der Waals surface area contributed by atoms with Crippen molar-refractivity contribution in [1.82, 2.24) is 20.0 Å². The summed E-state index contributed by atoms with van der Waals surface area (Å²) in [6, 6.07) is 8.15. The maximum absolute atomic E-state index is 13.3. The van der Waals surface area contributed by atoms with E-state index in [1.165, 1.54) is 16.8 Å². The fraction of sp³-hybridized carbons (Fsp3) is 0.375. The molecule has 1 N–H and O–H groups in total. The largest absolute Gasteiger partial charge is 0.336 e. The third-order valence-corrected chi connectivity index (χ3v) is 4.00. The molecule has 1 saturated heterocycles. The molecule has 0 saturated carbocycles. The second-order valence-corrected chi connectivity index (χ2v) is 5.50. The fourth-order valence-electron chi connectivity index (χ4n) is 2.76. The SMILES string of the molecule is CNC1CCCN(C(=O)c2ccn(-c3cccc(F)c3)n2)C1. The summed E-state index contributed by atoms with van der Waals surface area (Å²) >= 11 is 0. The second-order valence-electron chi connectivity index (χ2n) is 5.50. The molecule has 0 spiro atoms. The van der Waals surface area contributed by atoms with Crippen molar-refractivity contribution in [2.24, 2.45) is 0 Å². The van der Waals surface area contributed by atoms with Crippen LogP contribution in [0.2, 0.25) is 0 Å². The van der Waals surface area contributed by atoms with E-state index in [4.69, 9.17) is 0 Å². The van der Waals surface area contributed by atoms with Gasteiger partial charge in [0.05, 0.1) is 5.69 Å². The van der Waals surface area contributed by atoms with Gasteiger partial charge < -0.3 is 10.2 Å². The molecule has 0 aliphatic carbocycles.